The summed E-state index contributed by atoms with van der Waals surface area (Å²) in [6.45, 7) is 3.41. The average Bonchev–Trinajstić information content (AvgIpc) is 3.44. The molecule has 0 spiro atoms. The molecular formula is C22H28N6O2S. The number of ether oxygens (including phenoxy) is 1. The van der Waals surface area contributed by atoms with E-state index in [0.717, 1.165) is 29.2 Å². The van der Waals surface area contributed by atoms with Crippen molar-refractivity contribution in [1.29, 1.82) is 0 Å². The molecule has 2 aliphatic heterocycles. The number of rotatable bonds is 5. The lowest BCUT2D eigenvalue weighted by Gasteiger charge is -2.60. The van der Waals surface area contributed by atoms with Crippen LogP contribution in [0.4, 0.5) is 5.13 Å². The predicted octanol–water partition coefficient (Wildman–Crippen LogP) is 3.23. The third-order valence-electron chi connectivity index (χ3n) is 7.06. The van der Waals surface area contributed by atoms with Crippen LogP contribution in [-0.2, 0) is 4.74 Å². The topological polar surface area (TPSA) is 90.4 Å². The van der Waals surface area contributed by atoms with Crippen molar-refractivity contribution in [2.75, 3.05) is 32.6 Å². The van der Waals surface area contributed by atoms with Crippen molar-refractivity contribution in [2.24, 2.45) is 5.41 Å². The number of nitrogens with one attached hydrogen (secondary N) is 1. The van der Waals surface area contributed by atoms with Crippen molar-refractivity contribution >= 4 is 16.5 Å². The summed E-state index contributed by atoms with van der Waals surface area (Å²) in [4.78, 5) is 4.68. The monoisotopic (exact) mass is 440 g/mol. The van der Waals surface area contributed by atoms with E-state index in [9.17, 15) is 5.11 Å². The lowest BCUT2D eigenvalue weighted by atomic mass is 9.63. The first-order chi connectivity index (χ1) is 14.9. The number of H-pyrrole nitrogens is 1. The largest absolute Gasteiger partial charge is 0.507 e. The molecule has 3 fully saturated rings. The molecule has 2 aromatic heterocycles. The molecule has 0 radical (unpaired) electrons. The number of aromatic nitrogens is 4. The molecule has 4 heterocycles. The van der Waals surface area contributed by atoms with Crippen LogP contribution < -0.4 is 4.90 Å². The number of fused-ring (bicyclic) bond motifs is 3. The number of phenolic OH excluding ortho intramolecular Hbond substituents is 1. The molecule has 4 atom stereocenters. The molecular weight excluding hydrogens is 412 g/mol. The van der Waals surface area contributed by atoms with Gasteiger partial charge >= 0.3 is 0 Å². The fraction of sp³-hybridized carbons (Fsp3) is 0.500. The molecule has 9 heteroatoms. The van der Waals surface area contributed by atoms with E-state index in [1.54, 1.807) is 18.5 Å². The number of aromatic amines is 1. The van der Waals surface area contributed by atoms with Crippen LogP contribution in [0.1, 0.15) is 19.8 Å². The minimum absolute atomic E-state index is 0.123. The van der Waals surface area contributed by atoms with Gasteiger partial charge in [-0.15, -0.1) is 10.2 Å². The summed E-state index contributed by atoms with van der Waals surface area (Å²) in [5.74, 6) is 0.184. The maximum absolute atomic E-state index is 10.6. The molecule has 2 unspecified atom stereocenters. The van der Waals surface area contributed by atoms with E-state index >= 15 is 0 Å². The first-order valence-corrected chi connectivity index (χ1v) is 11.3. The van der Waals surface area contributed by atoms with Gasteiger partial charge in [-0.2, -0.15) is 5.10 Å². The van der Waals surface area contributed by atoms with Crippen molar-refractivity contribution in [1.82, 2.24) is 25.3 Å². The highest BCUT2D eigenvalue weighted by molar-refractivity contribution is 7.18. The van der Waals surface area contributed by atoms with Gasteiger partial charge in [-0.25, -0.2) is 0 Å². The summed E-state index contributed by atoms with van der Waals surface area (Å²) in [5.41, 5.74) is 2.63. The zero-order valence-corrected chi connectivity index (χ0v) is 19.1. The van der Waals surface area contributed by atoms with Gasteiger partial charge in [0.1, 0.15) is 5.75 Å². The standard InChI is InChI=1S/C22H28N6O2S/c1-22-8-7-16(27(2)12-22)18(30-4)19(22)28(3)21-26-25-20(31-21)15-6-5-13(9-17(15)29)14-10-23-24-11-14/h5-6,9-11,16,18-19,29H,7-8,12H2,1-4H3,(H,23,24)/t16?,18?,19-,22+/m0/s1. The first kappa shape index (κ1) is 20.4. The Morgan fingerprint density at radius 1 is 1.32 bits per heavy atom. The van der Waals surface area contributed by atoms with E-state index in [1.807, 2.05) is 19.2 Å². The van der Waals surface area contributed by atoms with Crippen molar-refractivity contribution in [3.63, 3.8) is 0 Å². The minimum Gasteiger partial charge on any atom is -0.507 e. The second-order valence-electron chi connectivity index (χ2n) is 9.04. The predicted molar refractivity (Wildman–Crippen MR) is 121 cm³/mol. The molecule has 3 aliphatic rings. The van der Waals surface area contributed by atoms with Crippen LogP contribution in [0, 0.1) is 5.41 Å². The number of methoxy groups -OCH3 is 1. The lowest BCUT2D eigenvalue weighted by molar-refractivity contribution is -0.117. The van der Waals surface area contributed by atoms with Crippen molar-refractivity contribution < 1.29 is 9.84 Å². The van der Waals surface area contributed by atoms with Gasteiger partial charge in [-0.3, -0.25) is 5.10 Å². The second kappa shape index (κ2) is 7.58. The second-order valence-corrected chi connectivity index (χ2v) is 10.00. The van der Waals surface area contributed by atoms with Gasteiger partial charge in [0.05, 0.1) is 23.9 Å². The average molecular weight is 441 g/mol. The van der Waals surface area contributed by atoms with E-state index in [2.05, 4.69) is 51.2 Å². The summed E-state index contributed by atoms with van der Waals surface area (Å²) in [6, 6.07) is 6.24. The molecule has 2 bridgehead atoms. The van der Waals surface area contributed by atoms with E-state index in [1.165, 1.54) is 17.8 Å². The highest BCUT2D eigenvalue weighted by atomic mass is 32.1. The Hall–Kier alpha value is -2.49. The summed E-state index contributed by atoms with van der Waals surface area (Å²) in [5, 5.41) is 27.8. The van der Waals surface area contributed by atoms with Gasteiger partial charge in [0.2, 0.25) is 5.13 Å². The number of benzene rings is 1. The molecule has 8 nitrogen and oxygen atoms in total. The smallest absolute Gasteiger partial charge is 0.208 e. The van der Waals surface area contributed by atoms with Crippen LogP contribution in [0.25, 0.3) is 21.7 Å². The summed E-state index contributed by atoms with van der Waals surface area (Å²) in [7, 11) is 6.10. The first-order valence-electron chi connectivity index (χ1n) is 10.5. The van der Waals surface area contributed by atoms with Gasteiger partial charge in [0, 0.05) is 43.9 Å². The number of piperidine rings is 2. The molecule has 1 saturated carbocycles. The van der Waals surface area contributed by atoms with E-state index in [4.69, 9.17) is 4.74 Å². The molecule has 2 saturated heterocycles. The lowest BCUT2D eigenvalue weighted by Crippen LogP contribution is -2.70. The Morgan fingerprint density at radius 2 is 2.16 bits per heavy atom. The quantitative estimate of drug-likeness (QED) is 0.629. The van der Waals surface area contributed by atoms with Crippen molar-refractivity contribution in [3.8, 4) is 27.4 Å². The fourth-order valence-corrected chi connectivity index (χ4v) is 6.46. The molecule has 2 N–H and O–H groups in total. The van der Waals surface area contributed by atoms with Crippen LogP contribution >= 0.6 is 11.3 Å². The Labute approximate surface area is 185 Å². The number of nitrogens with zero attached hydrogens (tertiary/aromatic N) is 5. The summed E-state index contributed by atoms with van der Waals surface area (Å²) in [6.07, 6.45) is 5.99. The number of hydrogen-bond acceptors (Lipinski definition) is 8. The van der Waals surface area contributed by atoms with Crippen LogP contribution in [-0.4, -0.2) is 76.3 Å². The fourth-order valence-electron chi connectivity index (χ4n) is 5.59. The third kappa shape index (κ3) is 3.31. The van der Waals surface area contributed by atoms with Crippen molar-refractivity contribution in [2.45, 2.75) is 38.0 Å². The van der Waals surface area contributed by atoms with Crippen LogP contribution in [0.5, 0.6) is 5.75 Å². The van der Waals surface area contributed by atoms with Crippen LogP contribution in [0.15, 0.2) is 30.6 Å². The van der Waals surface area contributed by atoms with Crippen molar-refractivity contribution in [3.05, 3.63) is 30.6 Å². The number of phenols is 1. The highest BCUT2D eigenvalue weighted by Gasteiger charge is 2.55. The van der Waals surface area contributed by atoms with Crippen LogP contribution in [0.3, 0.4) is 0 Å². The normalized spacial score (nSPS) is 28.2. The zero-order valence-electron chi connectivity index (χ0n) is 18.2. The number of likely N-dealkylation sites (N-methyl/N-ethyl adjacent to an activating group) is 2. The van der Waals surface area contributed by atoms with E-state index in [0.29, 0.717) is 16.6 Å². The molecule has 3 aromatic rings. The van der Waals surface area contributed by atoms with Crippen LogP contribution in [0.2, 0.25) is 0 Å². The maximum atomic E-state index is 10.6. The van der Waals surface area contributed by atoms with Gasteiger partial charge < -0.3 is 19.6 Å². The molecule has 1 aromatic carbocycles. The number of hydrogen-bond donors (Lipinski definition) is 2. The Morgan fingerprint density at radius 3 is 2.84 bits per heavy atom. The van der Waals surface area contributed by atoms with Gasteiger partial charge in [-0.05, 0) is 37.6 Å². The Bertz CT molecular complexity index is 1070. The van der Waals surface area contributed by atoms with Gasteiger partial charge in [-0.1, -0.05) is 24.3 Å². The molecule has 0 amide bonds. The van der Waals surface area contributed by atoms with E-state index < -0.39 is 0 Å². The maximum Gasteiger partial charge on any atom is 0.208 e. The molecule has 31 heavy (non-hydrogen) atoms. The number of anilines is 1. The van der Waals surface area contributed by atoms with Gasteiger partial charge in [0.25, 0.3) is 0 Å². The molecule has 164 valence electrons. The third-order valence-corrected chi connectivity index (χ3v) is 8.10. The Kier molecular flexibility index (Phi) is 4.99. The number of aromatic hydroxyl groups is 1. The van der Waals surface area contributed by atoms with Gasteiger partial charge in [0.15, 0.2) is 5.01 Å². The SMILES string of the molecule is COC1C2CC[C@](C)(CN2C)[C@H]1N(C)c1nnc(-c2ccc(-c3cn[nH]c3)cc2O)s1. The minimum atomic E-state index is 0.123. The zero-order chi connectivity index (χ0) is 21.8. The summed E-state index contributed by atoms with van der Waals surface area (Å²) >= 11 is 1.50. The summed E-state index contributed by atoms with van der Waals surface area (Å²) < 4.78 is 6.00. The molecule has 1 aliphatic carbocycles. The molecule has 6 rings (SSSR count). The highest BCUT2D eigenvalue weighted by Crippen LogP contribution is 2.48. The Balaban J connectivity index is 1.43. The van der Waals surface area contributed by atoms with E-state index in [-0.39, 0.29) is 23.3 Å².